The number of rotatable bonds is 8. The minimum Gasteiger partial charge on any atom is -0.496 e. The van der Waals surface area contributed by atoms with Gasteiger partial charge in [-0.25, -0.2) is 4.39 Å². The topological polar surface area (TPSA) is 49.9 Å². The number of hydrogen-bond donors (Lipinski definition) is 0. The molecule has 0 aliphatic carbocycles. The molecule has 1 aliphatic heterocycles. The Hall–Kier alpha value is -2.89. The van der Waals surface area contributed by atoms with Crippen molar-refractivity contribution >= 4 is 11.8 Å². The Bertz CT molecular complexity index is 917. The maximum absolute atomic E-state index is 13.6. The van der Waals surface area contributed by atoms with Crippen molar-refractivity contribution < 1.29 is 18.7 Å². The molecule has 5 nitrogen and oxygen atoms in total. The number of methoxy groups -OCH3 is 1. The van der Waals surface area contributed by atoms with Crippen molar-refractivity contribution in [2.75, 3.05) is 20.7 Å². The SMILES string of the molecule is CCCCN1C(=O)CCC(C(=O)N(C)Cc2cccc(F)c2)C1c1ccccc1OC. The first-order valence-corrected chi connectivity index (χ1v) is 10.9. The molecule has 0 spiro atoms. The van der Waals surface area contributed by atoms with Crippen LogP contribution >= 0.6 is 0 Å². The Morgan fingerprint density at radius 1 is 1.23 bits per heavy atom. The van der Waals surface area contributed by atoms with E-state index < -0.39 is 0 Å². The van der Waals surface area contributed by atoms with E-state index in [0.717, 1.165) is 24.0 Å². The van der Waals surface area contributed by atoms with E-state index in [4.69, 9.17) is 4.74 Å². The van der Waals surface area contributed by atoms with Gasteiger partial charge in [0, 0.05) is 32.1 Å². The van der Waals surface area contributed by atoms with Crippen LogP contribution in [0.4, 0.5) is 4.39 Å². The van der Waals surface area contributed by atoms with Crippen LogP contribution in [-0.2, 0) is 16.1 Å². The molecule has 6 heteroatoms. The number of carbonyl (C=O) groups is 2. The van der Waals surface area contributed by atoms with Gasteiger partial charge < -0.3 is 14.5 Å². The van der Waals surface area contributed by atoms with Crippen LogP contribution in [0.2, 0.25) is 0 Å². The monoisotopic (exact) mass is 426 g/mol. The van der Waals surface area contributed by atoms with Crippen molar-refractivity contribution in [3.8, 4) is 5.75 Å². The number of amides is 2. The number of likely N-dealkylation sites (tertiary alicyclic amines) is 1. The molecule has 1 aliphatic rings. The zero-order valence-electron chi connectivity index (χ0n) is 18.5. The second-order valence-corrected chi connectivity index (χ2v) is 8.10. The van der Waals surface area contributed by atoms with Gasteiger partial charge in [0.15, 0.2) is 0 Å². The summed E-state index contributed by atoms with van der Waals surface area (Å²) in [4.78, 5) is 29.9. The molecule has 2 amide bonds. The summed E-state index contributed by atoms with van der Waals surface area (Å²) in [6.45, 7) is 3.01. The van der Waals surface area contributed by atoms with Gasteiger partial charge in [0.1, 0.15) is 11.6 Å². The number of unbranched alkanes of at least 4 members (excludes halogenated alkanes) is 1. The zero-order chi connectivity index (χ0) is 22.4. The van der Waals surface area contributed by atoms with Gasteiger partial charge in [-0.1, -0.05) is 43.7 Å². The lowest BCUT2D eigenvalue weighted by Gasteiger charge is -2.42. The van der Waals surface area contributed by atoms with Crippen LogP contribution in [0.25, 0.3) is 0 Å². The zero-order valence-corrected chi connectivity index (χ0v) is 18.5. The third-order valence-corrected chi connectivity index (χ3v) is 5.92. The second-order valence-electron chi connectivity index (χ2n) is 8.10. The number of ether oxygens (including phenoxy) is 1. The number of nitrogens with zero attached hydrogens (tertiary/aromatic N) is 2. The predicted octanol–water partition coefficient (Wildman–Crippen LogP) is 4.57. The molecule has 2 atom stereocenters. The van der Waals surface area contributed by atoms with Crippen LogP contribution in [0.1, 0.15) is 49.8 Å². The summed E-state index contributed by atoms with van der Waals surface area (Å²) < 4.78 is 19.2. The van der Waals surface area contributed by atoms with Gasteiger partial charge in [-0.05, 0) is 36.6 Å². The van der Waals surface area contributed by atoms with Crippen LogP contribution < -0.4 is 4.74 Å². The molecule has 2 aromatic carbocycles. The van der Waals surface area contributed by atoms with E-state index in [1.165, 1.54) is 12.1 Å². The molecule has 0 radical (unpaired) electrons. The number of hydrogen-bond acceptors (Lipinski definition) is 3. The fourth-order valence-electron chi connectivity index (χ4n) is 4.37. The third kappa shape index (κ3) is 5.24. The summed E-state index contributed by atoms with van der Waals surface area (Å²) >= 11 is 0. The van der Waals surface area contributed by atoms with Crippen molar-refractivity contribution in [2.45, 2.75) is 45.2 Å². The van der Waals surface area contributed by atoms with Gasteiger partial charge in [0.25, 0.3) is 0 Å². The molecule has 31 heavy (non-hydrogen) atoms. The van der Waals surface area contributed by atoms with E-state index in [1.807, 2.05) is 35.2 Å². The highest BCUT2D eigenvalue weighted by Crippen LogP contribution is 2.41. The van der Waals surface area contributed by atoms with E-state index >= 15 is 0 Å². The van der Waals surface area contributed by atoms with Crippen LogP contribution in [0.3, 0.4) is 0 Å². The van der Waals surface area contributed by atoms with Gasteiger partial charge in [-0.3, -0.25) is 9.59 Å². The summed E-state index contributed by atoms with van der Waals surface area (Å²) in [6.07, 6.45) is 2.66. The van der Waals surface area contributed by atoms with E-state index in [9.17, 15) is 14.0 Å². The minimum absolute atomic E-state index is 0.0471. The highest BCUT2D eigenvalue weighted by atomic mass is 19.1. The molecule has 1 heterocycles. The molecular weight excluding hydrogens is 395 g/mol. The van der Waals surface area contributed by atoms with Crippen LogP contribution in [-0.4, -0.2) is 42.3 Å². The van der Waals surface area contributed by atoms with Gasteiger partial charge in [0.2, 0.25) is 11.8 Å². The lowest BCUT2D eigenvalue weighted by atomic mass is 9.82. The lowest BCUT2D eigenvalue weighted by molar-refractivity contribution is -0.147. The summed E-state index contributed by atoms with van der Waals surface area (Å²) in [5.41, 5.74) is 1.59. The molecule has 3 rings (SSSR count). The largest absolute Gasteiger partial charge is 0.496 e. The minimum atomic E-state index is -0.385. The van der Waals surface area contributed by atoms with Crippen LogP contribution in [0.5, 0.6) is 5.75 Å². The van der Waals surface area contributed by atoms with Gasteiger partial charge in [0.05, 0.1) is 19.1 Å². The first kappa shape index (κ1) is 22.8. The Labute approximate surface area is 183 Å². The summed E-state index contributed by atoms with van der Waals surface area (Å²) in [7, 11) is 3.34. The molecule has 1 saturated heterocycles. The first-order chi connectivity index (χ1) is 15.0. The number of halogens is 1. The van der Waals surface area contributed by atoms with Gasteiger partial charge in [-0.15, -0.1) is 0 Å². The Kier molecular flexibility index (Phi) is 7.66. The van der Waals surface area contributed by atoms with Crippen molar-refractivity contribution in [1.29, 1.82) is 0 Å². The summed E-state index contributed by atoms with van der Waals surface area (Å²) in [5.74, 6) is -0.00620. The quantitative estimate of drug-likeness (QED) is 0.621. The van der Waals surface area contributed by atoms with Crippen LogP contribution in [0.15, 0.2) is 48.5 Å². The average Bonchev–Trinajstić information content (AvgIpc) is 2.77. The molecule has 0 N–H and O–H groups in total. The molecular formula is C25H31FN2O3. The normalized spacial score (nSPS) is 18.7. The Balaban J connectivity index is 1.93. The molecule has 2 unspecified atom stereocenters. The molecule has 166 valence electrons. The summed E-state index contributed by atoms with van der Waals surface area (Å²) in [6, 6.07) is 13.5. The molecule has 0 bridgehead atoms. The maximum Gasteiger partial charge on any atom is 0.228 e. The van der Waals surface area contributed by atoms with Crippen LogP contribution in [0, 0.1) is 11.7 Å². The third-order valence-electron chi connectivity index (χ3n) is 5.92. The van der Waals surface area contributed by atoms with E-state index in [-0.39, 0.29) is 29.6 Å². The van der Waals surface area contributed by atoms with E-state index in [0.29, 0.717) is 31.7 Å². The second kappa shape index (κ2) is 10.4. The Morgan fingerprint density at radius 2 is 2.00 bits per heavy atom. The first-order valence-electron chi connectivity index (χ1n) is 10.9. The molecule has 1 fully saturated rings. The Morgan fingerprint density at radius 3 is 2.71 bits per heavy atom. The fraction of sp³-hybridized carbons (Fsp3) is 0.440. The number of benzene rings is 2. The van der Waals surface area contributed by atoms with Gasteiger partial charge >= 0.3 is 0 Å². The summed E-state index contributed by atoms with van der Waals surface area (Å²) in [5, 5.41) is 0. The molecule has 0 aromatic heterocycles. The van der Waals surface area contributed by atoms with E-state index in [2.05, 4.69) is 6.92 Å². The highest BCUT2D eigenvalue weighted by Gasteiger charge is 2.42. The number of carbonyl (C=O) groups excluding carboxylic acids is 2. The van der Waals surface area contributed by atoms with Gasteiger partial charge in [-0.2, -0.15) is 0 Å². The molecule has 0 saturated carbocycles. The van der Waals surface area contributed by atoms with E-state index in [1.54, 1.807) is 25.1 Å². The molecule has 2 aromatic rings. The van der Waals surface area contributed by atoms with Crippen molar-refractivity contribution in [3.63, 3.8) is 0 Å². The number of para-hydroxylation sites is 1. The van der Waals surface area contributed by atoms with Crippen molar-refractivity contribution in [1.82, 2.24) is 9.80 Å². The highest BCUT2D eigenvalue weighted by molar-refractivity contribution is 5.85. The standard InChI is InChI=1S/C25H31FN2O3/c1-4-5-15-28-23(29)14-13-21(24(28)20-11-6-7-12-22(20)31-3)25(30)27(2)17-18-9-8-10-19(26)16-18/h6-12,16,21,24H,4-5,13-15,17H2,1-3H3. The maximum atomic E-state index is 13.6. The van der Waals surface area contributed by atoms with Crippen molar-refractivity contribution in [2.24, 2.45) is 5.92 Å². The van der Waals surface area contributed by atoms with Crippen molar-refractivity contribution in [3.05, 3.63) is 65.5 Å². The fourth-order valence-corrected chi connectivity index (χ4v) is 4.37. The number of piperidine rings is 1. The lowest BCUT2D eigenvalue weighted by Crippen LogP contribution is -2.48. The predicted molar refractivity (Wildman–Crippen MR) is 118 cm³/mol. The average molecular weight is 427 g/mol. The smallest absolute Gasteiger partial charge is 0.228 e.